The van der Waals surface area contributed by atoms with Crippen molar-refractivity contribution in [2.75, 3.05) is 59.4 Å². The summed E-state index contributed by atoms with van der Waals surface area (Å²) in [6.07, 6.45) is 0. The average Bonchev–Trinajstić information content (AvgIpc) is 2.59. The van der Waals surface area contributed by atoms with E-state index in [-0.39, 0.29) is 0 Å². The zero-order valence-corrected chi connectivity index (χ0v) is 16.4. The zero-order valence-electron chi connectivity index (χ0n) is 15.6. The van der Waals surface area contributed by atoms with Gasteiger partial charge in [-0.15, -0.1) is 0 Å². The van der Waals surface area contributed by atoms with E-state index in [0.29, 0.717) is 26.2 Å². The second-order valence-electron chi connectivity index (χ2n) is 7.32. The van der Waals surface area contributed by atoms with Crippen molar-refractivity contribution in [3.63, 3.8) is 0 Å². The molecule has 0 unspecified atom stereocenters. The third kappa shape index (κ3) is 4.41. The first kappa shape index (κ1) is 18.8. The molecule has 2 aliphatic rings. The Morgan fingerprint density at radius 3 is 2.04 bits per heavy atom. The Morgan fingerprint density at radius 1 is 0.880 bits per heavy atom. The van der Waals surface area contributed by atoms with Crippen LogP contribution in [0.15, 0.2) is 18.2 Å². The molecule has 0 saturated carbocycles. The van der Waals surface area contributed by atoms with Gasteiger partial charge in [0.2, 0.25) is 0 Å². The summed E-state index contributed by atoms with van der Waals surface area (Å²) >= 11 is 0. The number of piperazine rings is 2. The zero-order chi connectivity index (χ0) is 18.0. The van der Waals surface area contributed by atoms with Crippen molar-refractivity contribution >= 4 is 10.2 Å². The van der Waals surface area contributed by atoms with Crippen molar-refractivity contribution in [2.24, 2.45) is 0 Å². The highest BCUT2D eigenvalue weighted by Gasteiger charge is 2.33. The number of benzene rings is 1. The first-order chi connectivity index (χ1) is 11.9. The summed E-state index contributed by atoms with van der Waals surface area (Å²) in [5.41, 5.74) is 3.92. The molecular formula is C18H30N4O2S. The topological polar surface area (TPSA) is 47.1 Å². The van der Waals surface area contributed by atoms with Gasteiger partial charge >= 0.3 is 0 Å². The molecule has 0 radical (unpaired) electrons. The molecule has 0 aromatic heterocycles. The van der Waals surface area contributed by atoms with Crippen LogP contribution in [0.2, 0.25) is 0 Å². The monoisotopic (exact) mass is 366 g/mol. The minimum absolute atomic E-state index is 0.583. The van der Waals surface area contributed by atoms with Crippen molar-refractivity contribution in [1.82, 2.24) is 18.4 Å². The van der Waals surface area contributed by atoms with Gasteiger partial charge < -0.3 is 4.90 Å². The lowest BCUT2D eigenvalue weighted by atomic mass is 10.1. The third-order valence-corrected chi connectivity index (χ3v) is 7.38. The molecule has 2 fully saturated rings. The summed E-state index contributed by atoms with van der Waals surface area (Å²) in [6.45, 7) is 10.7. The van der Waals surface area contributed by atoms with Crippen molar-refractivity contribution in [2.45, 2.75) is 20.4 Å². The molecule has 140 valence electrons. The van der Waals surface area contributed by atoms with Crippen LogP contribution >= 0.6 is 0 Å². The fourth-order valence-electron chi connectivity index (χ4n) is 3.51. The maximum atomic E-state index is 12.8. The minimum Gasteiger partial charge on any atom is -0.304 e. The number of rotatable bonds is 4. The molecule has 0 aliphatic carbocycles. The van der Waals surface area contributed by atoms with Gasteiger partial charge in [0.05, 0.1) is 0 Å². The van der Waals surface area contributed by atoms with Crippen molar-refractivity contribution < 1.29 is 8.42 Å². The second-order valence-corrected chi connectivity index (χ2v) is 9.24. The smallest absolute Gasteiger partial charge is 0.282 e. The van der Waals surface area contributed by atoms with E-state index < -0.39 is 10.2 Å². The summed E-state index contributed by atoms with van der Waals surface area (Å²) in [5, 5.41) is 0. The highest BCUT2D eigenvalue weighted by atomic mass is 32.2. The number of hydrogen-bond donors (Lipinski definition) is 0. The van der Waals surface area contributed by atoms with E-state index in [1.54, 1.807) is 8.61 Å². The molecule has 7 heteroatoms. The van der Waals surface area contributed by atoms with Crippen LogP contribution in [0.25, 0.3) is 0 Å². The van der Waals surface area contributed by atoms with E-state index in [0.717, 1.165) is 32.7 Å². The van der Waals surface area contributed by atoms with E-state index in [9.17, 15) is 8.42 Å². The quantitative estimate of drug-likeness (QED) is 0.795. The first-order valence-electron chi connectivity index (χ1n) is 9.08. The van der Waals surface area contributed by atoms with Crippen LogP contribution in [0.4, 0.5) is 0 Å². The maximum absolute atomic E-state index is 12.8. The minimum atomic E-state index is -3.31. The van der Waals surface area contributed by atoms with Gasteiger partial charge in [0.1, 0.15) is 0 Å². The van der Waals surface area contributed by atoms with Gasteiger partial charge in [-0.25, -0.2) is 0 Å². The van der Waals surface area contributed by atoms with Gasteiger partial charge in [-0.1, -0.05) is 23.8 Å². The fraction of sp³-hybridized carbons (Fsp3) is 0.667. The molecule has 3 rings (SSSR count). The molecule has 0 atom stereocenters. The molecule has 6 nitrogen and oxygen atoms in total. The molecule has 0 amide bonds. The molecule has 2 saturated heterocycles. The molecule has 25 heavy (non-hydrogen) atoms. The first-order valence-corrected chi connectivity index (χ1v) is 10.5. The number of likely N-dealkylation sites (N-methyl/N-ethyl adjacent to an activating group) is 1. The Kier molecular flexibility index (Phi) is 5.80. The molecule has 0 bridgehead atoms. The van der Waals surface area contributed by atoms with Crippen LogP contribution in [0.1, 0.15) is 16.7 Å². The number of hydrogen-bond acceptors (Lipinski definition) is 4. The number of aryl methyl sites for hydroxylation is 2. The largest absolute Gasteiger partial charge is 0.304 e. The van der Waals surface area contributed by atoms with E-state index in [1.165, 1.54) is 16.7 Å². The Balaban J connectivity index is 1.57. The van der Waals surface area contributed by atoms with Gasteiger partial charge in [0.25, 0.3) is 10.2 Å². The van der Waals surface area contributed by atoms with Gasteiger partial charge in [0, 0.05) is 58.9 Å². The van der Waals surface area contributed by atoms with Crippen molar-refractivity contribution in [1.29, 1.82) is 0 Å². The second kappa shape index (κ2) is 7.72. The van der Waals surface area contributed by atoms with Crippen molar-refractivity contribution in [3.05, 3.63) is 34.9 Å². The molecular weight excluding hydrogens is 336 g/mol. The Labute approximate surface area is 152 Å². The summed E-state index contributed by atoms with van der Waals surface area (Å²) in [6, 6.07) is 6.54. The average molecular weight is 367 g/mol. The van der Waals surface area contributed by atoms with E-state index >= 15 is 0 Å². The molecule has 0 N–H and O–H groups in total. The molecule has 1 aromatic rings. The maximum Gasteiger partial charge on any atom is 0.282 e. The lowest BCUT2D eigenvalue weighted by Gasteiger charge is -2.39. The van der Waals surface area contributed by atoms with Crippen LogP contribution in [-0.2, 0) is 16.8 Å². The Morgan fingerprint density at radius 2 is 1.44 bits per heavy atom. The van der Waals surface area contributed by atoms with Crippen LogP contribution in [0.5, 0.6) is 0 Å². The lowest BCUT2D eigenvalue weighted by molar-refractivity contribution is 0.164. The highest BCUT2D eigenvalue weighted by Crippen LogP contribution is 2.18. The van der Waals surface area contributed by atoms with Crippen LogP contribution < -0.4 is 0 Å². The third-order valence-electron chi connectivity index (χ3n) is 5.34. The van der Waals surface area contributed by atoms with Crippen molar-refractivity contribution in [3.8, 4) is 0 Å². The predicted molar refractivity (Wildman–Crippen MR) is 101 cm³/mol. The fourth-order valence-corrected chi connectivity index (χ4v) is 5.09. The van der Waals surface area contributed by atoms with Crippen LogP contribution in [-0.4, -0.2) is 86.2 Å². The molecule has 2 heterocycles. The number of nitrogens with zero attached hydrogens (tertiary/aromatic N) is 4. The van der Waals surface area contributed by atoms with E-state index in [1.807, 2.05) is 7.05 Å². The summed E-state index contributed by atoms with van der Waals surface area (Å²) in [5.74, 6) is 0. The predicted octanol–water partition coefficient (Wildman–Crippen LogP) is 0.913. The van der Waals surface area contributed by atoms with E-state index in [2.05, 4.69) is 41.8 Å². The van der Waals surface area contributed by atoms with Crippen LogP contribution in [0, 0.1) is 13.8 Å². The molecule has 1 aromatic carbocycles. The lowest BCUT2D eigenvalue weighted by Crippen LogP contribution is -2.56. The summed E-state index contributed by atoms with van der Waals surface area (Å²) in [4.78, 5) is 4.53. The standard InChI is InChI=1S/C18H30N4O2S/c1-16-4-5-17(2)18(14-16)15-20-8-12-22(13-9-20)25(23,24)21-10-6-19(3)7-11-21/h4-5,14H,6-13,15H2,1-3H3. The SMILES string of the molecule is Cc1ccc(C)c(CN2CCN(S(=O)(=O)N3CCN(C)CC3)CC2)c1. The highest BCUT2D eigenvalue weighted by molar-refractivity contribution is 7.86. The van der Waals surface area contributed by atoms with E-state index in [4.69, 9.17) is 0 Å². The van der Waals surface area contributed by atoms with Gasteiger partial charge in [-0.05, 0) is 32.0 Å². The Hall–Kier alpha value is -0.990. The summed E-state index contributed by atoms with van der Waals surface area (Å²) in [7, 11) is -1.27. The van der Waals surface area contributed by atoms with Gasteiger partial charge in [-0.2, -0.15) is 17.0 Å². The molecule has 0 spiro atoms. The van der Waals surface area contributed by atoms with Crippen LogP contribution in [0.3, 0.4) is 0 Å². The van der Waals surface area contributed by atoms with Gasteiger partial charge in [-0.3, -0.25) is 4.90 Å². The normalized spacial score (nSPS) is 22.4. The van der Waals surface area contributed by atoms with Gasteiger partial charge in [0.15, 0.2) is 0 Å². The Bertz CT molecular complexity index is 691. The molecule has 2 aliphatic heterocycles. The summed E-state index contributed by atoms with van der Waals surface area (Å²) < 4.78 is 29.0.